The van der Waals surface area contributed by atoms with Crippen LogP contribution in [0.15, 0.2) is 36.4 Å². The first kappa shape index (κ1) is 39.5. The summed E-state index contributed by atoms with van der Waals surface area (Å²) < 4.78 is 11.5. The van der Waals surface area contributed by atoms with E-state index in [2.05, 4.69) is 64.3 Å². The van der Waals surface area contributed by atoms with Crippen LogP contribution in [0.1, 0.15) is 113 Å². The lowest BCUT2D eigenvalue weighted by Gasteiger charge is -2.31. The van der Waals surface area contributed by atoms with Gasteiger partial charge in [0.1, 0.15) is 5.75 Å². The molecule has 0 saturated carbocycles. The van der Waals surface area contributed by atoms with Crippen LogP contribution >= 0.6 is 11.6 Å². The van der Waals surface area contributed by atoms with E-state index in [-0.39, 0.29) is 27.4 Å². The first-order valence-corrected chi connectivity index (χ1v) is 17.2. The summed E-state index contributed by atoms with van der Waals surface area (Å²) in [7, 11) is 0. The normalized spacial score (nSPS) is 16.1. The Labute approximate surface area is 295 Å². The van der Waals surface area contributed by atoms with Crippen LogP contribution in [0.4, 0.5) is 16.2 Å². The number of anilines is 2. The lowest BCUT2D eigenvalue weighted by atomic mass is 9.76. The van der Waals surface area contributed by atoms with Gasteiger partial charge in [-0.25, -0.2) is 9.69 Å². The van der Waals surface area contributed by atoms with Crippen LogP contribution in [0.3, 0.4) is 0 Å². The van der Waals surface area contributed by atoms with Gasteiger partial charge in [-0.2, -0.15) is 0 Å². The summed E-state index contributed by atoms with van der Waals surface area (Å²) in [5, 5.41) is 5.47. The number of cyclic esters (lactones) is 1. The predicted octanol–water partition coefficient (Wildman–Crippen LogP) is 8.19. The summed E-state index contributed by atoms with van der Waals surface area (Å²) in [6.07, 6.45) is 0.368. The van der Waals surface area contributed by atoms with Crippen LogP contribution in [-0.4, -0.2) is 52.2 Å². The highest BCUT2D eigenvalue weighted by Crippen LogP contribution is 2.39. The van der Waals surface area contributed by atoms with E-state index >= 15 is 0 Å². The van der Waals surface area contributed by atoms with Crippen molar-refractivity contribution in [1.29, 1.82) is 0 Å². The molecule has 1 aliphatic rings. The SMILES string of the molecule is CCC(Oc1ccc(C(C)(C)CC)cc1C(C)(C)CC)C(=O)Nc1ccc(NC(=O)C(C(=O)C(C)(C)C)N2C(=O)OC(C)(C)C2=O)c(Cl)c1. The summed E-state index contributed by atoms with van der Waals surface area (Å²) in [6, 6.07) is 8.88. The van der Waals surface area contributed by atoms with Gasteiger partial charge in [0.15, 0.2) is 23.5 Å². The van der Waals surface area contributed by atoms with Gasteiger partial charge < -0.3 is 20.1 Å². The number of benzene rings is 2. The molecule has 2 N–H and O–H groups in total. The highest BCUT2D eigenvalue weighted by molar-refractivity contribution is 6.34. The molecule has 2 unspecified atom stereocenters. The van der Waals surface area contributed by atoms with Gasteiger partial charge in [0.05, 0.1) is 10.7 Å². The van der Waals surface area contributed by atoms with Crippen molar-refractivity contribution in [3.05, 3.63) is 52.5 Å². The largest absolute Gasteiger partial charge is 0.480 e. The molecule has 2 aromatic rings. The molecule has 11 heteroatoms. The minimum absolute atomic E-state index is 0.0130. The maximum atomic E-state index is 13.5. The number of nitrogens with zero attached hydrogens (tertiary/aromatic N) is 1. The quantitative estimate of drug-likeness (QED) is 0.202. The molecule has 10 nitrogen and oxygen atoms in total. The van der Waals surface area contributed by atoms with Gasteiger partial charge in [-0.05, 0) is 73.8 Å². The van der Waals surface area contributed by atoms with Crippen molar-refractivity contribution in [3.8, 4) is 5.75 Å². The molecule has 1 heterocycles. The topological polar surface area (TPSA) is 131 Å². The van der Waals surface area contributed by atoms with Crippen molar-refractivity contribution in [2.75, 3.05) is 10.6 Å². The third-order valence-corrected chi connectivity index (χ3v) is 9.76. The second-order valence-corrected chi connectivity index (χ2v) is 15.9. The van der Waals surface area contributed by atoms with E-state index in [0.29, 0.717) is 22.8 Å². The van der Waals surface area contributed by atoms with Crippen LogP contribution < -0.4 is 15.4 Å². The average Bonchev–Trinajstić information content (AvgIpc) is 3.22. The third kappa shape index (κ3) is 8.63. The van der Waals surface area contributed by atoms with Gasteiger partial charge in [0.2, 0.25) is 0 Å². The summed E-state index contributed by atoms with van der Waals surface area (Å²) >= 11 is 6.53. The van der Waals surface area contributed by atoms with Crippen LogP contribution in [0.25, 0.3) is 0 Å². The number of ether oxygens (including phenoxy) is 2. The minimum atomic E-state index is -1.79. The Balaban J connectivity index is 1.84. The van der Waals surface area contributed by atoms with Crippen LogP contribution in [0.5, 0.6) is 5.75 Å². The summed E-state index contributed by atoms with van der Waals surface area (Å²) in [5.74, 6) is -2.12. The van der Waals surface area contributed by atoms with E-state index in [1.165, 1.54) is 31.5 Å². The lowest BCUT2D eigenvalue weighted by molar-refractivity contribution is -0.145. The highest BCUT2D eigenvalue weighted by Gasteiger charge is 2.55. The Hall–Kier alpha value is -3.92. The van der Waals surface area contributed by atoms with E-state index < -0.39 is 46.9 Å². The van der Waals surface area contributed by atoms with Gasteiger partial charge in [0.25, 0.3) is 17.7 Å². The Kier molecular flexibility index (Phi) is 11.7. The molecule has 3 rings (SSSR count). The van der Waals surface area contributed by atoms with Crippen molar-refractivity contribution in [3.63, 3.8) is 0 Å². The first-order valence-electron chi connectivity index (χ1n) is 16.8. The average molecular weight is 698 g/mol. The molecule has 2 aromatic carbocycles. The first-order chi connectivity index (χ1) is 22.5. The van der Waals surface area contributed by atoms with Crippen molar-refractivity contribution < 1.29 is 33.4 Å². The lowest BCUT2D eigenvalue weighted by Crippen LogP contribution is -2.55. The van der Waals surface area contributed by atoms with E-state index in [1.54, 1.807) is 26.8 Å². The number of hydrogen-bond donors (Lipinski definition) is 2. The number of hydrogen-bond acceptors (Lipinski definition) is 7. The van der Waals surface area contributed by atoms with Crippen molar-refractivity contribution >= 4 is 52.6 Å². The molecule has 4 amide bonds. The Bertz CT molecular complexity index is 1620. The number of carbonyl (C=O) groups is 5. The number of halogens is 1. The fourth-order valence-electron chi connectivity index (χ4n) is 5.24. The second kappa shape index (κ2) is 14.5. The molecule has 0 bridgehead atoms. The van der Waals surface area contributed by atoms with E-state index in [0.717, 1.165) is 18.4 Å². The monoisotopic (exact) mass is 697 g/mol. The Morgan fingerprint density at radius 3 is 1.98 bits per heavy atom. The number of rotatable bonds is 13. The molecule has 1 fully saturated rings. The number of amides is 4. The number of nitrogens with one attached hydrogen (secondary N) is 2. The molecular formula is C38H52ClN3O7. The van der Waals surface area contributed by atoms with E-state index in [4.69, 9.17) is 21.1 Å². The zero-order chi connectivity index (χ0) is 37.3. The van der Waals surface area contributed by atoms with Gasteiger partial charge in [-0.3, -0.25) is 19.2 Å². The maximum Gasteiger partial charge on any atom is 0.418 e. The van der Waals surface area contributed by atoms with Crippen LogP contribution in [0, 0.1) is 5.41 Å². The zero-order valence-corrected chi connectivity index (χ0v) is 31.7. The molecule has 1 aliphatic heterocycles. The van der Waals surface area contributed by atoms with Crippen LogP contribution in [0.2, 0.25) is 5.02 Å². The smallest absolute Gasteiger partial charge is 0.418 e. The van der Waals surface area contributed by atoms with Gasteiger partial charge in [-0.15, -0.1) is 0 Å². The van der Waals surface area contributed by atoms with Gasteiger partial charge in [0, 0.05) is 16.7 Å². The molecular weight excluding hydrogens is 646 g/mol. The molecule has 49 heavy (non-hydrogen) atoms. The minimum Gasteiger partial charge on any atom is -0.480 e. The summed E-state index contributed by atoms with van der Waals surface area (Å²) in [5.41, 5.74) is -0.0940. The molecule has 1 saturated heterocycles. The molecule has 0 spiro atoms. The van der Waals surface area contributed by atoms with Crippen LogP contribution in [-0.2, 0) is 34.7 Å². The van der Waals surface area contributed by atoms with E-state index in [1.807, 2.05) is 13.0 Å². The predicted molar refractivity (Wildman–Crippen MR) is 192 cm³/mol. The maximum absolute atomic E-state index is 13.5. The van der Waals surface area contributed by atoms with E-state index in [9.17, 15) is 24.0 Å². The Morgan fingerprint density at radius 1 is 0.878 bits per heavy atom. The Morgan fingerprint density at radius 2 is 1.49 bits per heavy atom. The number of imide groups is 1. The summed E-state index contributed by atoms with van der Waals surface area (Å²) in [6.45, 7) is 22.4. The number of Topliss-reactive ketones (excluding diaryl/α,β-unsaturated/α-hetero) is 1. The fourth-order valence-corrected chi connectivity index (χ4v) is 5.47. The zero-order valence-electron chi connectivity index (χ0n) is 30.9. The van der Waals surface area contributed by atoms with Gasteiger partial charge in [-0.1, -0.05) is 93.0 Å². The molecule has 0 radical (unpaired) electrons. The second-order valence-electron chi connectivity index (χ2n) is 15.4. The number of ketones is 1. The van der Waals surface area contributed by atoms with Crippen molar-refractivity contribution in [1.82, 2.24) is 4.90 Å². The highest BCUT2D eigenvalue weighted by atomic mass is 35.5. The van der Waals surface area contributed by atoms with Crippen molar-refractivity contribution in [2.45, 2.75) is 131 Å². The molecule has 0 aromatic heterocycles. The van der Waals surface area contributed by atoms with Crippen molar-refractivity contribution in [2.24, 2.45) is 5.41 Å². The standard InChI is InChI=1S/C38H52ClN3O7/c1-13-27(48-28-19-16-22(36(7,8)14-2)20-24(28)37(9,10)15-3)31(44)40-23-17-18-26(25(39)21-23)41-32(45)29(30(43)35(4,5)6)42-33(46)38(11,12)49-34(42)47/h16-21,27,29H,13-15H2,1-12H3,(H,40,44)(H,41,45). The third-order valence-electron chi connectivity index (χ3n) is 9.45. The molecule has 2 atom stereocenters. The fraction of sp³-hybridized carbons (Fsp3) is 0.553. The summed E-state index contributed by atoms with van der Waals surface area (Å²) in [4.78, 5) is 66.6. The molecule has 268 valence electrons. The van der Waals surface area contributed by atoms with Gasteiger partial charge >= 0.3 is 6.09 Å². The molecule has 0 aliphatic carbocycles. The number of carbonyl (C=O) groups excluding carboxylic acids is 5.